The van der Waals surface area contributed by atoms with Crippen LogP contribution in [-0.4, -0.2) is 6.61 Å². The van der Waals surface area contributed by atoms with E-state index in [1.165, 1.54) is 37.7 Å². The van der Waals surface area contributed by atoms with Crippen molar-refractivity contribution in [3.05, 3.63) is 29.0 Å². The molecule has 1 aromatic rings. The van der Waals surface area contributed by atoms with Crippen molar-refractivity contribution in [1.82, 2.24) is 0 Å². The molecule has 3 heteroatoms. The zero-order valence-corrected chi connectivity index (χ0v) is 13.1. The lowest BCUT2D eigenvalue weighted by Crippen LogP contribution is -2.34. The summed E-state index contributed by atoms with van der Waals surface area (Å²) in [4.78, 5) is 0. The van der Waals surface area contributed by atoms with Gasteiger partial charge in [0.15, 0.2) is 12.4 Å². The molecule has 0 saturated carbocycles. The highest BCUT2D eigenvalue weighted by molar-refractivity contribution is 6.31. The zero-order chi connectivity index (χ0) is 13.9. The van der Waals surface area contributed by atoms with Crippen LogP contribution in [0.5, 0.6) is 0 Å². The second kappa shape index (κ2) is 10.2. The Labute approximate surface area is 122 Å². The molecular weight excluding hydrogens is 258 g/mol. The summed E-state index contributed by atoms with van der Waals surface area (Å²) in [6.07, 6.45) is 12.7. The molecule has 1 rings (SSSR count). The molecule has 0 bridgehead atoms. The summed E-state index contributed by atoms with van der Waals surface area (Å²) in [7, 11) is 0. The highest BCUT2D eigenvalue weighted by Crippen LogP contribution is 2.12. The third kappa shape index (κ3) is 6.93. The Hall–Kier alpha value is -0.600. The Bertz CT molecular complexity index is 355. The van der Waals surface area contributed by atoms with Gasteiger partial charge in [0.05, 0.1) is 6.61 Å². The van der Waals surface area contributed by atoms with Gasteiger partial charge in [0.2, 0.25) is 0 Å². The highest BCUT2D eigenvalue weighted by Gasteiger charge is 2.05. The SMILES string of the molecule is CCCCCCCCOC[n+]1ccc(CC)c(Cl)c1. The molecule has 1 heterocycles. The first-order valence-corrected chi connectivity index (χ1v) is 7.91. The predicted octanol–water partition coefficient (Wildman–Crippen LogP) is 4.52. The van der Waals surface area contributed by atoms with Crippen LogP contribution >= 0.6 is 11.6 Å². The minimum Gasteiger partial charge on any atom is -0.323 e. The first kappa shape index (κ1) is 16.5. The molecule has 0 spiro atoms. The fourth-order valence-electron chi connectivity index (χ4n) is 2.06. The van der Waals surface area contributed by atoms with Crippen LogP contribution in [0, 0.1) is 0 Å². The monoisotopic (exact) mass is 284 g/mol. The number of hydrogen-bond acceptors (Lipinski definition) is 1. The largest absolute Gasteiger partial charge is 0.323 e. The molecule has 0 amide bonds. The van der Waals surface area contributed by atoms with Crippen LogP contribution in [0.1, 0.15) is 57.9 Å². The maximum Gasteiger partial charge on any atom is 0.252 e. The summed E-state index contributed by atoms with van der Waals surface area (Å²) in [5, 5.41) is 0.827. The Balaban J connectivity index is 2.11. The van der Waals surface area contributed by atoms with Gasteiger partial charge in [0.1, 0.15) is 5.02 Å². The van der Waals surface area contributed by atoms with Crippen LogP contribution in [-0.2, 0) is 17.9 Å². The van der Waals surface area contributed by atoms with Crippen LogP contribution < -0.4 is 4.57 Å². The molecule has 0 N–H and O–H groups in total. The Morgan fingerprint density at radius 2 is 1.84 bits per heavy atom. The summed E-state index contributed by atoms with van der Waals surface area (Å²) in [5.74, 6) is 0. The first-order valence-electron chi connectivity index (χ1n) is 7.53. The van der Waals surface area contributed by atoms with Crippen LogP contribution in [0.3, 0.4) is 0 Å². The van der Waals surface area contributed by atoms with E-state index in [2.05, 4.69) is 19.9 Å². The number of aryl methyl sites for hydroxylation is 1. The van der Waals surface area contributed by atoms with Gasteiger partial charge in [-0.05, 0) is 18.4 Å². The number of unbranched alkanes of at least 4 members (excludes halogenated alkanes) is 5. The van der Waals surface area contributed by atoms with Gasteiger partial charge in [-0.25, -0.2) is 0 Å². The number of pyridine rings is 1. The zero-order valence-electron chi connectivity index (χ0n) is 12.3. The van der Waals surface area contributed by atoms with E-state index in [1.807, 2.05) is 17.0 Å². The van der Waals surface area contributed by atoms with E-state index in [0.29, 0.717) is 6.73 Å². The van der Waals surface area contributed by atoms with E-state index in [0.717, 1.165) is 24.5 Å². The number of ether oxygens (including phenoxy) is 1. The lowest BCUT2D eigenvalue weighted by molar-refractivity contribution is -0.732. The van der Waals surface area contributed by atoms with E-state index in [-0.39, 0.29) is 0 Å². The van der Waals surface area contributed by atoms with Crippen molar-refractivity contribution >= 4 is 11.6 Å². The number of rotatable bonds is 10. The summed E-state index contributed by atoms with van der Waals surface area (Å²) in [6.45, 7) is 5.79. The second-order valence-electron chi connectivity index (χ2n) is 4.99. The number of aromatic nitrogens is 1. The number of hydrogen-bond donors (Lipinski definition) is 0. The molecule has 0 atom stereocenters. The molecule has 0 fully saturated rings. The second-order valence-corrected chi connectivity index (χ2v) is 5.40. The van der Waals surface area contributed by atoms with Crippen LogP contribution in [0.4, 0.5) is 0 Å². The topological polar surface area (TPSA) is 13.1 Å². The fourth-order valence-corrected chi connectivity index (χ4v) is 2.38. The molecule has 1 aromatic heterocycles. The van der Waals surface area contributed by atoms with Crippen molar-refractivity contribution in [3.63, 3.8) is 0 Å². The standard InChI is InChI=1S/C16H27ClNO/c1-3-5-6-7-8-9-12-19-14-18-11-10-15(4-2)16(17)13-18/h10-11,13H,3-9,12,14H2,1-2H3/q+1. The smallest absolute Gasteiger partial charge is 0.252 e. The van der Waals surface area contributed by atoms with Crippen molar-refractivity contribution in [2.45, 2.75) is 65.5 Å². The van der Waals surface area contributed by atoms with E-state index >= 15 is 0 Å². The summed E-state index contributed by atoms with van der Waals surface area (Å²) < 4.78 is 7.66. The quantitative estimate of drug-likeness (QED) is 0.455. The maximum atomic E-state index is 6.16. The van der Waals surface area contributed by atoms with Crippen molar-refractivity contribution in [2.75, 3.05) is 6.61 Å². The molecule has 0 unspecified atom stereocenters. The average Bonchev–Trinajstić information content (AvgIpc) is 2.42. The molecule has 19 heavy (non-hydrogen) atoms. The first-order chi connectivity index (χ1) is 9.27. The predicted molar refractivity (Wildman–Crippen MR) is 80.4 cm³/mol. The third-order valence-corrected chi connectivity index (χ3v) is 3.66. The Morgan fingerprint density at radius 3 is 2.53 bits per heavy atom. The average molecular weight is 285 g/mol. The molecule has 2 nitrogen and oxygen atoms in total. The van der Waals surface area contributed by atoms with Crippen LogP contribution in [0.2, 0.25) is 5.02 Å². The Kier molecular flexibility index (Phi) is 8.85. The lowest BCUT2D eigenvalue weighted by Gasteiger charge is -2.03. The Morgan fingerprint density at radius 1 is 1.11 bits per heavy atom. The fraction of sp³-hybridized carbons (Fsp3) is 0.688. The molecular formula is C16H27ClNO+. The van der Waals surface area contributed by atoms with Crippen molar-refractivity contribution < 1.29 is 9.30 Å². The summed E-state index contributed by atoms with van der Waals surface area (Å²) >= 11 is 6.16. The van der Waals surface area contributed by atoms with Crippen molar-refractivity contribution in [2.24, 2.45) is 0 Å². The van der Waals surface area contributed by atoms with E-state index in [4.69, 9.17) is 16.3 Å². The van der Waals surface area contributed by atoms with Gasteiger partial charge in [-0.1, -0.05) is 57.6 Å². The van der Waals surface area contributed by atoms with Gasteiger partial charge >= 0.3 is 0 Å². The third-order valence-electron chi connectivity index (χ3n) is 3.32. The minimum atomic E-state index is 0.596. The molecule has 0 aliphatic carbocycles. The number of halogens is 1. The molecule has 108 valence electrons. The van der Waals surface area contributed by atoms with Crippen molar-refractivity contribution in [1.29, 1.82) is 0 Å². The lowest BCUT2D eigenvalue weighted by atomic mass is 10.1. The molecule has 0 aromatic carbocycles. The van der Waals surface area contributed by atoms with E-state index in [9.17, 15) is 0 Å². The molecule has 0 aliphatic heterocycles. The molecule has 0 radical (unpaired) electrons. The molecule has 0 saturated heterocycles. The van der Waals surface area contributed by atoms with Gasteiger partial charge < -0.3 is 4.74 Å². The highest BCUT2D eigenvalue weighted by atomic mass is 35.5. The van der Waals surface area contributed by atoms with Crippen molar-refractivity contribution in [3.8, 4) is 0 Å². The van der Waals surface area contributed by atoms with Gasteiger partial charge in [0.25, 0.3) is 6.73 Å². The van der Waals surface area contributed by atoms with Gasteiger partial charge in [-0.15, -0.1) is 0 Å². The normalized spacial score (nSPS) is 10.9. The molecule has 0 aliphatic rings. The van der Waals surface area contributed by atoms with Gasteiger partial charge in [0, 0.05) is 6.07 Å². The number of nitrogens with zero attached hydrogens (tertiary/aromatic N) is 1. The van der Waals surface area contributed by atoms with E-state index in [1.54, 1.807) is 0 Å². The summed E-state index contributed by atoms with van der Waals surface area (Å²) in [5.41, 5.74) is 1.19. The van der Waals surface area contributed by atoms with Crippen LogP contribution in [0.15, 0.2) is 18.5 Å². The minimum absolute atomic E-state index is 0.596. The maximum absolute atomic E-state index is 6.16. The van der Waals surface area contributed by atoms with Crippen LogP contribution in [0.25, 0.3) is 0 Å². The van der Waals surface area contributed by atoms with Gasteiger partial charge in [-0.2, -0.15) is 4.57 Å². The summed E-state index contributed by atoms with van der Waals surface area (Å²) in [6, 6.07) is 2.07. The van der Waals surface area contributed by atoms with Gasteiger partial charge in [-0.3, -0.25) is 0 Å². The van der Waals surface area contributed by atoms with E-state index < -0.39 is 0 Å².